The zero-order valence-electron chi connectivity index (χ0n) is 17.2. The first-order valence-corrected chi connectivity index (χ1v) is 11.2. The van der Waals surface area contributed by atoms with Crippen LogP contribution in [0.15, 0.2) is 79.1 Å². The van der Waals surface area contributed by atoms with Gasteiger partial charge in [-0.1, -0.05) is 59.1 Å². The molecule has 0 spiro atoms. The van der Waals surface area contributed by atoms with Crippen molar-refractivity contribution in [3.05, 3.63) is 94.2 Å². The summed E-state index contributed by atoms with van der Waals surface area (Å²) in [6.07, 6.45) is 3.46. The molecule has 0 saturated heterocycles. The summed E-state index contributed by atoms with van der Waals surface area (Å²) >= 11 is 18.8. The lowest BCUT2D eigenvalue weighted by Crippen LogP contribution is -2.01. The van der Waals surface area contributed by atoms with Crippen molar-refractivity contribution in [2.75, 3.05) is 0 Å². The third kappa shape index (κ3) is 4.44. The summed E-state index contributed by atoms with van der Waals surface area (Å²) in [6.45, 7) is -2.91. The number of ether oxygens (including phenoxy) is 1. The zero-order chi connectivity index (χ0) is 23.8. The molecular formula is C25H14Cl3F2N3O. The van der Waals surface area contributed by atoms with E-state index in [1.54, 1.807) is 42.6 Å². The maximum absolute atomic E-state index is 12.7. The number of benzene rings is 3. The third-order valence-corrected chi connectivity index (χ3v) is 5.98. The van der Waals surface area contributed by atoms with Gasteiger partial charge in [0, 0.05) is 39.1 Å². The van der Waals surface area contributed by atoms with Crippen LogP contribution >= 0.6 is 34.8 Å². The van der Waals surface area contributed by atoms with Gasteiger partial charge in [0.15, 0.2) is 0 Å². The van der Waals surface area contributed by atoms with Crippen LogP contribution in [0, 0.1) is 0 Å². The second kappa shape index (κ2) is 9.22. The van der Waals surface area contributed by atoms with Crippen LogP contribution in [-0.2, 0) is 0 Å². The number of halogens is 5. The Kier molecular flexibility index (Phi) is 6.13. The smallest absolute Gasteiger partial charge is 0.387 e. The first kappa shape index (κ1) is 22.6. The van der Waals surface area contributed by atoms with Crippen molar-refractivity contribution >= 4 is 40.6 Å². The number of imidazole rings is 1. The zero-order valence-corrected chi connectivity index (χ0v) is 19.5. The Balaban J connectivity index is 1.73. The van der Waals surface area contributed by atoms with E-state index in [1.807, 2.05) is 28.8 Å². The van der Waals surface area contributed by atoms with Crippen LogP contribution in [0.25, 0.3) is 39.4 Å². The van der Waals surface area contributed by atoms with Crippen LogP contribution in [0.4, 0.5) is 8.78 Å². The van der Waals surface area contributed by atoms with Crippen molar-refractivity contribution in [2.24, 2.45) is 0 Å². The normalized spacial score (nSPS) is 11.4. The number of nitrogens with zero attached hydrogens (tertiary/aromatic N) is 3. The minimum absolute atomic E-state index is 0.0565. The molecule has 0 radical (unpaired) electrons. The van der Waals surface area contributed by atoms with Gasteiger partial charge in [-0.3, -0.25) is 4.40 Å². The molecule has 0 aliphatic carbocycles. The van der Waals surface area contributed by atoms with Crippen molar-refractivity contribution in [1.29, 1.82) is 0 Å². The molecule has 3 aromatic carbocycles. The van der Waals surface area contributed by atoms with Crippen LogP contribution in [0.1, 0.15) is 0 Å². The van der Waals surface area contributed by atoms with Crippen molar-refractivity contribution in [1.82, 2.24) is 14.4 Å². The van der Waals surface area contributed by atoms with Gasteiger partial charge in [0.05, 0.1) is 16.4 Å². The molecule has 0 aliphatic heterocycles. The predicted octanol–water partition coefficient (Wildman–Crippen LogP) is 8.29. The standard InChI is InChI=1S/C25H14Cl3F2N3O/c26-17-6-4-14(5-7-17)22-23(20-9-8-18(27)11-21(20)28)33-13-16(12-31-25(33)32-22)15-2-1-3-19(10-15)34-24(29)30/h1-13,24H. The molecule has 0 amide bonds. The molecule has 170 valence electrons. The van der Waals surface area contributed by atoms with Gasteiger partial charge in [-0.05, 0) is 48.0 Å². The van der Waals surface area contributed by atoms with E-state index in [-0.39, 0.29) is 5.75 Å². The number of aromatic nitrogens is 3. The SMILES string of the molecule is FC(F)Oc1cccc(-c2cnc3nc(-c4ccc(Cl)cc4)c(-c4ccc(Cl)cc4Cl)n3c2)c1. The van der Waals surface area contributed by atoms with Gasteiger partial charge in [0.2, 0.25) is 5.78 Å². The summed E-state index contributed by atoms with van der Waals surface area (Å²) in [7, 11) is 0. The first-order valence-electron chi connectivity index (χ1n) is 10.0. The molecule has 4 nitrogen and oxygen atoms in total. The molecule has 0 bridgehead atoms. The highest BCUT2D eigenvalue weighted by Gasteiger charge is 2.20. The monoisotopic (exact) mass is 515 g/mol. The predicted molar refractivity (Wildman–Crippen MR) is 131 cm³/mol. The fraction of sp³-hybridized carbons (Fsp3) is 0.0400. The Morgan fingerprint density at radius 1 is 0.824 bits per heavy atom. The van der Waals surface area contributed by atoms with Crippen LogP contribution in [-0.4, -0.2) is 21.0 Å². The maximum Gasteiger partial charge on any atom is 0.387 e. The molecule has 34 heavy (non-hydrogen) atoms. The summed E-state index contributed by atoms with van der Waals surface area (Å²) < 4.78 is 31.7. The number of hydrogen-bond donors (Lipinski definition) is 0. The van der Waals surface area contributed by atoms with Gasteiger partial charge in [0.25, 0.3) is 0 Å². The van der Waals surface area contributed by atoms with E-state index < -0.39 is 6.61 Å². The Bertz CT molecular complexity index is 1500. The molecule has 5 aromatic rings. The second-order valence-electron chi connectivity index (χ2n) is 7.36. The largest absolute Gasteiger partial charge is 0.435 e. The molecule has 5 rings (SSSR count). The van der Waals surface area contributed by atoms with Crippen LogP contribution in [0.5, 0.6) is 5.75 Å². The summed E-state index contributed by atoms with van der Waals surface area (Å²) in [6, 6.07) is 18.9. The number of hydrogen-bond acceptors (Lipinski definition) is 3. The van der Waals surface area contributed by atoms with Crippen molar-refractivity contribution in [2.45, 2.75) is 6.61 Å². The van der Waals surface area contributed by atoms with Crippen LogP contribution < -0.4 is 4.74 Å². The summed E-state index contributed by atoms with van der Waals surface area (Å²) in [5.74, 6) is 0.496. The van der Waals surface area contributed by atoms with E-state index >= 15 is 0 Å². The maximum atomic E-state index is 12.7. The number of rotatable bonds is 5. The Hall–Kier alpha value is -3.19. The van der Waals surface area contributed by atoms with E-state index in [2.05, 4.69) is 9.72 Å². The highest BCUT2D eigenvalue weighted by Crippen LogP contribution is 2.38. The van der Waals surface area contributed by atoms with Gasteiger partial charge in [-0.15, -0.1) is 0 Å². The van der Waals surface area contributed by atoms with Crippen molar-refractivity contribution in [3.8, 4) is 39.4 Å². The van der Waals surface area contributed by atoms with Crippen LogP contribution in [0.3, 0.4) is 0 Å². The van der Waals surface area contributed by atoms with E-state index in [4.69, 9.17) is 39.8 Å². The van der Waals surface area contributed by atoms with Gasteiger partial charge in [-0.2, -0.15) is 8.78 Å². The van der Waals surface area contributed by atoms with E-state index in [1.165, 1.54) is 12.1 Å². The molecule has 2 heterocycles. The van der Waals surface area contributed by atoms with E-state index in [9.17, 15) is 8.78 Å². The highest BCUT2D eigenvalue weighted by molar-refractivity contribution is 6.36. The summed E-state index contributed by atoms with van der Waals surface area (Å²) in [5.41, 5.74) is 4.22. The molecule has 0 aliphatic rings. The Morgan fingerprint density at radius 2 is 1.59 bits per heavy atom. The van der Waals surface area contributed by atoms with Gasteiger partial charge < -0.3 is 4.74 Å². The second-order valence-corrected chi connectivity index (χ2v) is 8.64. The Labute approximate surface area is 208 Å². The molecule has 9 heteroatoms. The average Bonchev–Trinajstić information content (AvgIpc) is 3.18. The molecule has 0 N–H and O–H groups in total. The molecule has 0 saturated carbocycles. The Morgan fingerprint density at radius 3 is 2.32 bits per heavy atom. The van der Waals surface area contributed by atoms with Crippen LogP contribution in [0.2, 0.25) is 15.1 Å². The molecule has 0 atom stereocenters. The summed E-state index contributed by atoms with van der Waals surface area (Å²) in [5, 5.41) is 1.55. The van der Waals surface area contributed by atoms with Crippen molar-refractivity contribution in [3.63, 3.8) is 0 Å². The highest BCUT2D eigenvalue weighted by atomic mass is 35.5. The fourth-order valence-corrected chi connectivity index (χ4v) is 4.31. The molecule has 0 fully saturated rings. The lowest BCUT2D eigenvalue weighted by atomic mass is 10.0. The van der Waals surface area contributed by atoms with Gasteiger partial charge >= 0.3 is 6.61 Å². The number of fused-ring (bicyclic) bond motifs is 1. The van der Waals surface area contributed by atoms with Gasteiger partial charge in [-0.25, -0.2) is 9.97 Å². The van der Waals surface area contributed by atoms with Gasteiger partial charge in [0.1, 0.15) is 5.75 Å². The topological polar surface area (TPSA) is 39.4 Å². The number of alkyl halides is 2. The lowest BCUT2D eigenvalue weighted by Gasteiger charge is -2.10. The van der Waals surface area contributed by atoms with Crippen molar-refractivity contribution < 1.29 is 13.5 Å². The average molecular weight is 517 g/mol. The minimum Gasteiger partial charge on any atom is -0.435 e. The first-order chi connectivity index (χ1) is 16.4. The molecule has 0 unspecified atom stereocenters. The fourth-order valence-electron chi connectivity index (χ4n) is 3.68. The molecule has 2 aromatic heterocycles. The minimum atomic E-state index is -2.91. The lowest BCUT2D eigenvalue weighted by molar-refractivity contribution is -0.0498. The third-order valence-electron chi connectivity index (χ3n) is 5.18. The quantitative estimate of drug-likeness (QED) is 0.236. The van der Waals surface area contributed by atoms with E-state index in [0.717, 1.165) is 5.56 Å². The summed E-state index contributed by atoms with van der Waals surface area (Å²) in [4.78, 5) is 9.25. The van der Waals surface area contributed by atoms with E-state index in [0.29, 0.717) is 48.9 Å². The molecular weight excluding hydrogens is 503 g/mol.